The van der Waals surface area contributed by atoms with Crippen LogP contribution in [0.2, 0.25) is 0 Å². The summed E-state index contributed by atoms with van der Waals surface area (Å²) in [7, 11) is 0. The molecule has 6 nitrogen and oxygen atoms in total. The van der Waals surface area contributed by atoms with Crippen LogP contribution in [-0.2, 0) is 19.5 Å². The van der Waals surface area contributed by atoms with Crippen LogP contribution in [0.25, 0.3) is 21.3 Å². The molecular formula is C19H18N6S. The first-order valence-electron chi connectivity index (χ1n) is 8.69. The maximum absolute atomic E-state index is 4.59. The van der Waals surface area contributed by atoms with Crippen LogP contribution < -0.4 is 0 Å². The summed E-state index contributed by atoms with van der Waals surface area (Å²) in [5, 5.41) is 9.45. The van der Waals surface area contributed by atoms with Crippen molar-refractivity contribution in [3.8, 4) is 21.3 Å². The number of benzene rings is 1. The average molecular weight is 362 g/mol. The molecule has 0 fully saturated rings. The molecule has 0 bridgehead atoms. The fourth-order valence-electron chi connectivity index (χ4n) is 3.57. The predicted molar refractivity (Wildman–Crippen MR) is 101 cm³/mol. The Balaban J connectivity index is 1.38. The molecule has 0 saturated heterocycles. The first-order valence-corrected chi connectivity index (χ1v) is 9.51. The van der Waals surface area contributed by atoms with Gasteiger partial charge in [-0.2, -0.15) is 0 Å². The molecule has 3 aromatic heterocycles. The van der Waals surface area contributed by atoms with Crippen molar-refractivity contribution in [1.82, 2.24) is 29.3 Å². The van der Waals surface area contributed by atoms with Gasteiger partial charge in [-0.1, -0.05) is 30.3 Å². The van der Waals surface area contributed by atoms with E-state index in [9.17, 15) is 0 Å². The van der Waals surface area contributed by atoms with Gasteiger partial charge in [0.25, 0.3) is 0 Å². The first kappa shape index (κ1) is 15.5. The molecule has 1 atom stereocenters. The Bertz CT molecular complexity index is 1050. The molecule has 4 heterocycles. The van der Waals surface area contributed by atoms with Gasteiger partial charge in [-0.3, -0.25) is 0 Å². The quantitative estimate of drug-likeness (QED) is 0.558. The molecule has 1 aromatic carbocycles. The van der Waals surface area contributed by atoms with Crippen molar-refractivity contribution in [3.05, 3.63) is 60.6 Å². The van der Waals surface area contributed by atoms with Crippen LogP contribution in [0.5, 0.6) is 0 Å². The summed E-state index contributed by atoms with van der Waals surface area (Å²) in [4.78, 5) is 10.3. The van der Waals surface area contributed by atoms with Gasteiger partial charge in [0.2, 0.25) is 0 Å². The van der Waals surface area contributed by atoms with Crippen molar-refractivity contribution in [3.63, 3.8) is 0 Å². The van der Waals surface area contributed by atoms with Gasteiger partial charge in [0.05, 0.1) is 4.88 Å². The Morgan fingerprint density at radius 1 is 1.15 bits per heavy atom. The SMILES string of the molecule is Cc1nnc2n1CC(Cn1ccnc1-c1cnc(-c3ccccc3)s1)C2. The second-order valence-corrected chi connectivity index (χ2v) is 7.67. The van der Waals surface area contributed by atoms with Crippen LogP contribution in [0.4, 0.5) is 0 Å². The largest absolute Gasteiger partial charge is 0.330 e. The lowest BCUT2D eigenvalue weighted by Crippen LogP contribution is -2.13. The molecular weight excluding hydrogens is 344 g/mol. The van der Waals surface area contributed by atoms with Gasteiger partial charge in [-0.25, -0.2) is 9.97 Å². The molecule has 0 aliphatic carbocycles. The maximum atomic E-state index is 4.59. The van der Waals surface area contributed by atoms with Crippen molar-refractivity contribution in [2.75, 3.05) is 0 Å². The second kappa shape index (κ2) is 6.17. The number of nitrogens with zero attached hydrogens (tertiary/aromatic N) is 6. The first-order chi connectivity index (χ1) is 12.8. The second-order valence-electron chi connectivity index (χ2n) is 6.64. The molecule has 1 aliphatic heterocycles. The molecule has 0 N–H and O–H groups in total. The van der Waals surface area contributed by atoms with Crippen molar-refractivity contribution in [2.45, 2.75) is 26.4 Å². The molecule has 5 rings (SSSR count). The van der Waals surface area contributed by atoms with Crippen LogP contribution in [0, 0.1) is 12.8 Å². The molecule has 26 heavy (non-hydrogen) atoms. The monoisotopic (exact) mass is 362 g/mol. The van der Waals surface area contributed by atoms with Gasteiger partial charge in [0, 0.05) is 49.6 Å². The minimum absolute atomic E-state index is 0.522. The number of aryl methyl sites for hydroxylation is 1. The lowest BCUT2D eigenvalue weighted by atomic mass is 10.1. The summed E-state index contributed by atoms with van der Waals surface area (Å²) < 4.78 is 4.46. The molecule has 1 unspecified atom stereocenters. The Kier molecular flexibility index (Phi) is 3.67. The highest BCUT2D eigenvalue weighted by molar-refractivity contribution is 7.18. The van der Waals surface area contributed by atoms with Gasteiger partial charge >= 0.3 is 0 Å². The van der Waals surface area contributed by atoms with E-state index in [1.807, 2.05) is 37.5 Å². The molecule has 7 heteroatoms. The Morgan fingerprint density at radius 2 is 2.04 bits per heavy atom. The minimum Gasteiger partial charge on any atom is -0.330 e. The molecule has 0 amide bonds. The van der Waals surface area contributed by atoms with E-state index < -0.39 is 0 Å². The molecule has 0 saturated carbocycles. The fourth-order valence-corrected chi connectivity index (χ4v) is 4.50. The summed E-state index contributed by atoms with van der Waals surface area (Å²) in [6, 6.07) is 10.3. The van der Waals surface area contributed by atoms with Crippen LogP contribution in [0.1, 0.15) is 11.6 Å². The molecule has 1 aliphatic rings. The summed E-state index contributed by atoms with van der Waals surface area (Å²) in [5.41, 5.74) is 1.14. The third kappa shape index (κ3) is 2.64. The van der Waals surface area contributed by atoms with Gasteiger partial charge in [0.15, 0.2) is 5.82 Å². The van der Waals surface area contributed by atoms with Crippen LogP contribution in [0.3, 0.4) is 0 Å². The van der Waals surface area contributed by atoms with Gasteiger partial charge in [0.1, 0.15) is 16.7 Å². The Morgan fingerprint density at radius 3 is 2.88 bits per heavy atom. The average Bonchev–Trinajstić information content (AvgIpc) is 3.42. The molecule has 4 aromatic rings. The van der Waals surface area contributed by atoms with E-state index in [2.05, 4.69) is 47.6 Å². The van der Waals surface area contributed by atoms with Crippen LogP contribution in [-0.4, -0.2) is 29.3 Å². The lowest BCUT2D eigenvalue weighted by Gasteiger charge is -2.12. The van der Waals surface area contributed by atoms with Gasteiger partial charge < -0.3 is 9.13 Å². The van der Waals surface area contributed by atoms with Crippen molar-refractivity contribution >= 4 is 11.3 Å². The number of imidazole rings is 1. The zero-order valence-corrected chi connectivity index (χ0v) is 15.2. The number of aromatic nitrogens is 6. The van der Waals surface area contributed by atoms with E-state index in [1.165, 1.54) is 0 Å². The smallest absolute Gasteiger partial charge is 0.151 e. The zero-order chi connectivity index (χ0) is 17.5. The zero-order valence-electron chi connectivity index (χ0n) is 14.4. The maximum Gasteiger partial charge on any atom is 0.151 e. The molecule has 0 spiro atoms. The van der Waals surface area contributed by atoms with Crippen LogP contribution in [0.15, 0.2) is 48.9 Å². The van der Waals surface area contributed by atoms with Crippen molar-refractivity contribution in [2.24, 2.45) is 5.92 Å². The molecule has 0 radical (unpaired) electrons. The van der Waals surface area contributed by atoms with E-state index in [1.54, 1.807) is 11.3 Å². The summed E-state index contributed by atoms with van der Waals surface area (Å²) in [6.07, 6.45) is 6.83. The number of fused-ring (bicyclic) bond motifs is 1. The summed E-state index contributed by atoms with van der Waals surface area (Å²) in [6.45, 7) is 3.92. The predicted octanol–water partition coefficient (Wildman–Crippen LogP) is 3.45. The normalized spacial score (nSPS) is 16.1. The highest BCUT2D eigenvalue weighted by Crippen LogP contribution is 2.32. The minimum atomic E-state index is 0.522. The van der Waals surface area contributed by atoms with Crippen molar-refractivity contribution in [1.29, 1.82) is 0 Å². The third-order valence-corrected chi connectivity index (χ3v) is 5.88. The number of hydrogen-bond donors (Lipinski definition) is 0. The Labute approximate surface area is 155 Å². The summed E-state index contributed by atoms with van der Waals surface area (Å²) >= 11 is 1.69. The van der Waals surface area contributed by atoms with E-state index in [-0.39, 0.29) is 0 Å². The van der Waals surface area contributed by atoms with E-state index in [0.29, 0.717) is 5.92 Å². The topological polar surface area (TPSA) is 61.4 Å². The van der Waals surface area contributed by atoms with E-state index in [0.717, 1.165) is 52.4 Å². The van der Waals surface area contributed by atoms with E-state index >= 15 is 0 Å². The standard InChI is InChI=1S/C19H18N6S/c1-13-22-23-17-9-14(12-25(13)17)11-24-8-7-20-18(24)16-10-21-19(26-16)15-5-3-2-4-6-15/h2-8,10,14H,9,11-12H2,1H3. The van der Waals surface area contributed by atoms with Crippen LogP contribution >= 0.6 is 11.3 Å². The number of thiazole rings is 1. The summed E-state index contributed by atoms with van der Waals surface area (Å²) in [5.74, 6) is 3.61. The lowest BCUT2D eigenvalue weighted by molar-refractivity contribution is 0.432. The number of rotatable bonds is 4. The molecule has 130 valence electrons. The fraction of sp³-hybridized carbons (Fsp3) is 0.263. The van der Waals surface area contributed by atoms with Gasteiger partial charge in [-0.15, -0.1) is 21.5 Å². The van der Waals surface area contributed by atoms with Gasteiger partial charge in [-0.05, 0) is 6.92 Å². The van der Waals surface area contributed by atoms with E-state index in [4.69, 9.17) is 0 Å². The highest BCUT2D eigenvalue weighted by Gasteiger charge is 2.26. The third-order valence-electron chi connectivity index (χ3n) is 4.84. The number of hydrogen-bond acceptors (Lipinski definition) is 5. The Hall–Kier alpha value is -2.80. The highest BCUT2D eigenvalue weighted by atomic mass is 32.1. The van der Waals surface area contributed by atoms with Crippen molar-refractivity contribution < 1.29 is 0 Å².